The standard InChI is InChI=1S/C13H18N2O5S/c1-3-4-12-15(9(7-21-12)13(17)18)11(16)6-19-10-5-8(2)20-14-10/h5,9,12H,3-4,6-7H2,1-2H3,(H,17,18). The van der Waals surface area contributed by atoms with Crippen LogP contribution in [-0.2, 0) is 9.59 Å². The van der Waals surface area contributed by atoms with Crippen LogP contribution in [0.2, 0.25) is 0 Å². The number of thioether (sulfide) groups is 1. The lowest BCUT2D eigenvalue weighted by Gasteiger charge is -2.26. The molecule has 2 unspecified atom stereocenters. The average molecular weight is 314 g/mol. The van der Waals surface area contributed by atoms with Crippen LogP contribution in [0.1, 0.15) is 25.5 Å². The molecule has 0 bridgehead atoms. The first kappa shape index (κ1) is 15.7. The summed E-state index contributed by atoms with van der Waals surface area (Å²) >= 11 is 1.50. The van der Waals surface area contributed by atoms with E-state index in [9.17, 15) is 14.7 Å². The molecular weight excluding hydrogens is 296 g/mol. The number of ether oxygens (including phenoxy) is 1. The fraction of sp³-hybridized carbons (Fsp3) is 0.615. The number of carboxylic acid groups (broad SMARTS) is 1. The number of carbonyl (C=O) groups is 2. The first-order chi connectivity index (χ1) is 10.0. The molecule has 0 radical (unpaired) electrons. The van der Waals surface area contributed by atoms with E-state index in [0.29, 0.717) is 11.5 Å². The van der Waals surface area contributed by atoms with Crippen molar-refractivity contribution in [3.8, 4) is 5.88 Å². The lowest BCUT2D eigenvalue weighted by atomic mass is 10.2. The Labute approximate surface area is 126 Å². The maximum Gasteiger partial charge on any atom is 0.327 e. The zero-order valence-corrected chi connectivity index (χ0v) is 12.8. The number of nitrogens with zero attached hydrogens (tertiary/aromatic N) is 2. The quantitative estimate of drug-likeness (QED) is 0.850. The van der Waals surface area contributed by atoms with Crippen LogP contribution in [0.4, 0.5) is 0 Å². The van der Waals surface area contributed by atoms with Crippen LogP contribution in [0, 0.1) is 6.92 Å². The van der Waals surface area contributed by atoms with Crippen molar-refractivity contribution in [1.82, 2.24) is 10.1 Å². The molecule has 21 heavy (non-hydrogen) atoms. The van der Waals surface area contributed by atoms with Crippen molar-refractivity contribution < 1.29 is 24.0 Å². The van der Waals surface area contributed by atoms with Gasteiger partial charge in [0.2, 0.25) is 0 Å². The first-order valence-corrected chi connectivity index (χ1v) is 7.79. The van der Waals surface area contributed by atoms with Gasteiger partial charge in [0.05, 0.1) is 5.37 Å². The van der Waals surface area contributed by atoms with Crippen LogP contribution in [0.3, 0.4) is 0 Å². The second-order valence-electron chi connectivity index (χ2n) is 4.80. The highest BCUT2D eigenvalue weighted by molar-refractivity contribution is 8.00. The Morgan fingerprint density at radius 1 is 1.62 bits per heavy atom. The monoisotopic (exact) mass is 314 g/mol. The molecule has 2 atom stereocenters. The molecule has 1 fully saturated rings. The summed E-state index contributed by atoms with van der Waals surface area (Å²) in [6, 6.07) is 0.784. The predicted octanol–water partition coefficient (Wildman–Crippen LogP) is 1.52. The van der Waals surface area contributed by atoms with E-state index in [4.69, 9.17) is 9.26 Å². The van der Waals surface area contributed by atoms with Crippen molar-refractivity contribution in [3.05, 3.63) is 11.8 Å². The van der Waals surface area contributed by atoms with E-state index in [0.717, 1.165) is 12.8 Å². The molecular formula is C13H18N2O5S. The van der Waals surface area contributed by atoms with Gasteiger partial charge in [-0.25, -0.2) is 4.79 Å². The van der Waals surface area contributed by atoms with Gasteiger partial charge in [0.15, 0.2) is 6.61 Å². The van der Waals surface area contributed by atoms with Gasteiger partial charge >= 0.3 is 5.97 Å². The third kappa shape index (κ3) is 3.69. The SMILES string of the molecule is CCCC1SCC(C(=O)O)N1C(=O)COc1cc(C)on1. The van der Waals surface area contributed by atoms with E-state index in [2.05, 4.69) is 5.16 Å². The van der Waals surface area contributed by atoms with Crippen LogP contribution < -0.4 is 4.74 Å². The van der Waals surface area contributed by atoms with Gasteiger partial charge in [-0.15, -0.1) is 11.8 Å². The van der Waals surface area contributed by atoms with Crippen molar-refractivity contribution in [2.24, 2.45) is 0 Å². The third-order valence-electron chi connectivity index (χ3n) is 3.15. The minimum absolute atomic E-state index is 0.105. The molecule has 0 saturated carbocycles. The predicted molar refractivity (Wildman–Crippen MR) is 76.2 cm³/mol. The molecule has 0 aromatic carbocycles. The normalized spacial score (nSPS) is 21.5. The molecule has 2 rings (SSSR count). The Hall–Kier alpha value is -1.70. The Bertz CT molecular complexity index is 518. The highest BCUT2D eigenvalue weighted by Gasteiger charge is 2.41. The molecule has 7 nitrogen and oxygen atoms in total. The second kappa shape index (κ2) is 6.84. The van der Waals surface area contributed by atoms with Gasteiger partial charge in [0.25, 0.3) is 11.8 Å². The summed E-state index contributed by atoms with van der Waals surface area (Å²) in [5.74, 6) is -0.0965. The zero-order chi connectivity index (χ0) is 15.4. The van der Waals surface area contributed by atoms with E-state index in [1.165, 1.54) is 16.7 Å². The van der Waals surface area contributed by atoms with Crippen molar-refractivity contribution in [2.45, 2.75) is 38.1 Å². The molecule has 1 aromatic heterocycles. The fourth-order valence-electron chi connectivity index (χ4n) is 2.18. The van der Waals surface area contributed by atoms with Gasteiger partial charge in [-0.1, -0.05) is 13.3 Å². The highest BCUT2D eigenvalue weighted by Crippen LogP contribution is 2.32. The lowest BCUT2D eigenvalue weighted by molar-refractivity contribution is -0.150. The maximum absolute atomic E-state index is 12.3. The number of amides is 1. The Morgan fingerprint density at radius 3 is 2.95 bits per heavy atom. The number of aromatic nitrogens is 1. The number of aliphatic carboxylic acids is 1. The van der Waals surface area contributed by atoms with Crippen molar-refractivity contribution >= 4 is 23.6 Å². The molecule has 1 amide bonds. The molecule has 116 valence electrons. The highest BCUT2D eigenvalue weighted by atomic mass is 32.2. The van der Waals surface area contributed by atoms with E-state index in [1.54, 1.807) is 13.0 Å². The number of hydrogen-bond donors (Lipinski definition) is 1. The first-order valence-electron chi connectivity index (χ1n) is 6.74. The van der Waals surface area contributed by atoms with Crippen LogP contribution in [0.25, 0.3) is 0 Å². The summed E-state index contributed by atoms with van der Waals surface area (Å²) < 4.78 is 10.1. The molecule has 8 heteroatoms. The summed E-state index contributed by atoms with van der Waals surface area (Å²) in [4.78, 5) is 25.0. The van der Waals surface area contributed by atoms with Crippen LogP contribution in [0.15, 0.2) is 10.6 Å². The van der Waals surface area contributed by atoms with Gasteiger partial charge in [-0.3, -0.25) is 4.79 Å². The van der Waals surface area contributed by atoms with Gasteiger partial charge in [-0.05, 0) is 18.5 Å². The second-order valence-corrected chi connectivity index (χ2v) is 6.01. The van der Waals surface area contributed by atoms with Crippen molar-refractivity contribution in [3.63, 3.8) is 0 Å². The van der Waals surface area contributed by atoms with Crippen LogP contribution in [-0.4, -0.2) is 50.8 Å². The van der Waals surface area contributed by atoms with Crippen LogP contribution >= 0.6 is 11.8 Å². The van der Waals surface area contributed by atoms with E-state index in [-0.39, 0.29) is 23.8 Å². The number of carbonyl (C=O) groups excluding carboxylic acids is 1. The van der Waals surface area contributed by atoms with E-state index in [1.807, 2.05) is 6.92 Å². The Morgan fingerprint density at radius 2 is 2.38 bits per heavy atom. The molecule has 1 N–H and O–H groups in total. The average Bonchev–Trinajstić information content (AvgIpc) is 3.03. The smallest absolute Gasteiger partial charge is 0.327 e. The lowest BCUT2D eigenvalue weighted by Crippen LogP contribution is -2.47. The molecule has 1 aliphatic heterocycles. The molecule has 1 saturated heterocycles. The van der Waals surface area contributed by atoms with E-state index < -0.39 is 12.0 Å². The topological polar surface area (TPSA) is 92.9 Å². The minimum Gasteiger partial charge on any atom is -0.480 e. The number of rotatable bonds is 6. The summed E-state index contributed by atoms with van der Waals surface area (Å²) in [6.45, 7) is 3.49. The van der Waals surface area contributed by atoms with Gasteiger partial charge in [0.1, 0.15) is 11.8 Å². The van der Waals surface area contributed by atoms with Gasteiger partial charge in [0, 0.05) is 11.8 Å². The largest absolute Gasteiger partial charge is 0.480 e. The number of hydrogen-bond acceptors (Lipinski definition) is 6. The van der Waals surface area contributed by atoms with E-state index >= 15 is 0 Å². The molecule has 1 aliphatic rings. The molecule has 1 aromatic rings. The Balaban J connectivity index is 2.00. The zero-order valence-electron chi connectivity index (χ0n) is 11.9. The minimum atomic E-state index is -0.980. The fourth-order valence-corrected chi connectivity index (χ4v) is 3.71. The maximum atomic E-state index is 12.3. The summed E-state index contributed by atoms with van der Waals surface area (Å²) in [5, 5.41) is 12.8. The Kier molecular flexibility index (Phi) is 5.11. The van der Waals surface area contributed by atoms with Gasteiger partial charge in [-0.2, -0.15) is 0 Å². The number of carboxylic acids is 1. The van der Waals surface area contributed by atoms with Gasteiger partial charge < -0.3 is 19.3 Å². The third-order valence-corrected chi connectivity index (χ3v) is 4.51. The summed E-state index contributed by atoms with van der Waals surface area (Å²) in [6.07, 6.45) is 1.65. The van der Waals surface area contributed by atoms with Crippen molar-refractivity contribution in [2.75, 3.05) is 12.4 Å². The molecule has 2 heterocycles. The molecule has 0 spiro atoms. The van der Waals surface area contributed by atoms with Crippen molar-refractivity contribution in [1.29, 1.82) is 0 Å². The summed E-state index contributed by atoms with van der Waals surface area (Å²) in [7, 11) is 0. The molecule has 0 aliphatic carbocycles. The number of aryl methyl sites for hydroxylation is 1. The van der Waals surface area contributed by atoms with Crippen LogP contribution in [0.5, 0.6) is 5.88 Å². The summed E-state index contributed by atoms with van der Waals surface area (Å²) in [5.41, 5.74) is 0.